The van der Waals surface area contributed by atoms with Gasteiger partial charge in [-0.3, -0.25) is 0 Å². The molecule has 1 atom stereocenters. The highest BCUT2D eigenvalue weighted by molar-refractivity contribution is 7.91. The smallest absolute Gasteiger partial charge is 0.152 e. The number of sulfone groups is 1. The van der Waals surface area contributed by atoms with Crippen LogP contribution in [0.1, 0.15) is 25.1 Å². The number of aryl methyl sites for hydroxylation is 1. The Morgan fingerprint density at radius 3 is 2.64 bits per heavy atom. The molecule has 6 heteroatoms. The van der Waals surface area contributed by atoms with E-state index < -0.39 is 9.84 Å². The van der Waals surface area contributed by atoms with Crippen molar-refractivity contribution in [2.24, 2.45) is 0 Å². The predicted octanol–water partition coefficient (Wildman–Crippen LogP) is 3.73. The van der Waals surface area contributed by atoms with Crippen molar-refractivity contribution in [2.75, 3.05) is 11.5 Å². The zero-order chi connectivity index (χ0) is 17.4. The minimum absolute atomic E-state index is 0.0971. The minimum atomic E-state index is -2.98. The molecule has 0 N–H and O–H groups in total. The molecule has 1 aliphatic heterocycles. The summed E-state index contributed by atoms with van der Waals surface area (Å²) >= 11 is 0. The number of nitrogens with zero attached hydrogens (tertiary/aromatic N) is 2. The average Bonchev–Trinajstić information content (AvgIpc) is 3.32. The molecule has 130 valence electrons. The van der Waals surface area contributed by atoms with E-state index in [9.17, 15) is 8.42 Å². The van der Waals surface area contributed by atoms with E-state index in [-0.39, 0.29) is 17.5 Å². The Hall–Kier alpha value is -2.34. The summed E-state index contributed by atoms with van der Waals surface area (Å²) in [6, 6.07) is 13.7. The van der Waals surface area contributed by atoms with Gasteiger partial charge in [-0.15, -0.1) is 0 Å². The Kier molecular flexibility index (Phi) is 4.00. The summed E-state index contributed by atoms with van der Waals surface area (Å²) in [5, 5.41) is 0. The highest BCUT2D eigenvalue weighted by Crippen LogP contribution is 2.36. The topological polar surface area (TPSA) is 65.1 Å². The molecule has 0 aliphatic carbocycles. The molecule has 3 heterocycles. The van der Waals surface area contributed by atoms with Crippen LogP contribution in [0, 0.1) is 0 Å². The van der Waals surface area contributed by atoms with Crippen LogP contribution in [0.4, 0.5) is 0 Å². The van der Waals surface area contributed by atoms with Gasteiger partial charge in [0.2, 0.25) is 0 Å². The quantitative estimate of drug-likeness (QED) is 0.714. The standard InChI is InChI=1S/C19H20N2O3S/c1-2-16-8-9-17(24-16)19-18(14-6-4-3-5-7-14)20-13-21(19)15-10-11-25(22,23)12-15/h3-9,13,15H,2,10-12H2,1H3. The van der Waals surface area contributed by atoms with Gasteiger partial charge in [0.05, 0.1) is 29.6 Å². The summed E-state index contributed by atoms with van der Waals surface area (Å²) in [6.45, 7) is 2.04. The van der Waals surface area contributed by atoms with Crippen molar-refractivity contribution >= 4 is 9.84 Å². The van der Waals surface area contributed by atoms with Crippen LogP contribution in [-0.2, 0) is 16.3 Å². The van der Waals surface area contributed by atoms with E-state index in [1.54, 1.807) is 6.33 Å². The fourth-order valence-corrected chi connectivity index (χ4v) is 5.09. The lowest BCUT2D eigenvalue weighted by molar-refractivity contribution is 0.510. The fraction of sp³-hybridized carbons (Fsp3) is 0.316. The second-order valence-corrected chi connectivity index (χ2v) is 8.62. The van der Waals surface area contributed by atoms with E-state index in [0.29, 0.717) is 6.42 Å². The highest BCUT2D eigenvalue weighted by Gasteiger charge is 2.32. The maximum Gasteiger partial charge on any atom is 0.152 e. The molecule has 0 amide bonds. The van der Waals surface area contributed by atoms with Crippen LogP contribution in [0.3, 0.4) is 0 Å². The van der Waals surface area contributed by atoms with E-state index in [1.165, 1.54) is 0 Å². The molecule has 1 aliphatic rings. The molecule has 1 aromatic carbocycles. The minimum Gasteiger partial charge on any atom is -0.459 e. The zero-order valence-electron chi connectivity index (χ0n) is 14.1. The van der Waals surface area contributed by atoms with Crippen LogP contribution in [0.2, 0.25) is 0 Å². The van der Waals surface area contributed by atoms with Crippen molar-refractivity contribution in [2.45, 2.75) is 25.8 Å². The summed E-state index contributed by atoms with van der Waals surface area (Å²) < 4.78 is 31.8. The highest BCUT2D eigenvalue weighted by atomic mass is 32.2. The number of hydrogen-bond donors (Lipinski definition) is 0. The van der Waals surface area contributed by atoms with Crippen molar-refractivity contribution in [3.8, 4) is 22.7 Å². The second kappa shape index (κ2) is 6.19. The van der Waals surface area contributed by atoms with E-state index >= 15 is 0 Å². The van der Waals surface area contributed by atoms with Crippen LogP contribution < -0.4 is 0 Å². The normalized spacial score (nSPS) is 19.3. The van der Waals surface area contributed by atoms with Crippen molar-refractivity contribution in [1.82, 2.24) is 9.55 Å². The number of rotatable bonds is 4. The zero-order valence-corrected chi connectivity index (χ0v) is 14.9. The molecule has 3 aromatic rings. The van der Waals surface area contributed by atoms with E-state index in [1.807, 2.05) is 54.0 Å². The van der Waals surface area contributed by atoms with Crippen LogP contribution in [-0.4, -0.2) is 29.5 Å². The van der Waals surface area contributed by atoms with Gasteiger partial charge in [0.25, 0.3) is 0 Å². The van der Waals surface area contributed by atoms with E-state index in [2.05, 4.69) is 4.98 Å². The fourth-order valence-electron chi connectivity index (χ4n) is 3.38. The maximum atomic E-state index is 11.9. The van der Waals surface area contributed by atoms with Gasteiger partial charge in [0.1, 0.15) is 11.5 Å². The van der Waals surface area contributed by atoms with Gasteiger partial charge >= 0.3 is 0 Å². The molecule has 0 bridgehead atoms. The summed E-state index contributed by atoms with van der Waals surface area (Å²) in [7, 11) is -2.98. The Morgan fingerprint density at radius 1 is 1.20 bits per heavy atom. The lowest BCUT2D eigenvalue weighted by Gasteiger charge is -2.14. The Balaban J connectivity index is 1.86. The van der Waals surface area contributed by atoms with E-state index in [0.717, 1.165) is 34.9 Å². The molecule has 5 nitrogen and oxygen atoms in total. The first-order valence-electron chi connectivity index (χ1n) is 8.49. The largest absolute Gasteiger partial charge is 0.459 e. The summed E-state index contributed by atoms with van der Waals surface area (Å²) in [4.78, 5) is 4.60. The van der Waals surface area contributed by atoms with Crippen molar-refractivity contribution < 1.29 is 12.8 Å². The lowest BCUT2D eigenvalue weighted by atomic mass is 10.1. The molecular formula is C19H20N2O3S. The van der Waals surface area contributed by atoms with E-state index in [4.69, 9.17) is 4.42 Å². The van der Waals surface area contributed by atoms with Gasteiger partial charge in [-0.2, -0.15) is 0 Å². The molecule has 25 heavy (non-hydrogen) atoms. The molecule has 0 radical (unpaired) electrons. The number of benzene rings is 1. The summed E-state index contributed by atoms with van der Waals surface area (Å²) in [5.41, 5.74) is 2.67. The lowest BCUT2D eigenvalue weighted by Crippen LogP contribution is -2.11. The molecule has 1 unspecified atom stereocenters. The van der Waals surface area contributed by atoms with Gasteiger partial charge in [-0.05, 0) is 18.6 Å². The second-order valence-electron chi connectivity index (χ2n) is 6.39. The molecule has 2 aromatic heterocycles. The Morgan fingerprint density at radius 2 is 2.00 bits per heavy atom. The van der Waals surface area contributed by atoms with Gasteiger partial charge in [0, 0.05) is 12.0 Å². The number of furan rings is 1. The third kappa shape index (κ3) is 3.02. The maximum absolute atomic E-state index is 11.9. The monoisotopic (exact) mass is 356 g/mol. The number of imidazole rings is 1. The summed E-state index contributed by atoms with van der Waals surface area (Å²) in [6.07, 6.45) is 3.17. The molecule has 0 spiro atoms. The Bertz CT molecular complexity index is 987. The van der Waals surface area contributed by atoms with Crippen LogP contribution in [0.15, 0.2) is 53.2 Å². The molecule has 4 rings (SSSR count). The van der Waals surface area contributed by atoms with Crippen molar-refractivity contribution in [3.63, 3.8) is 0 Å². The SMILES string of the molecule is CCc1ccc(-c2c(-c3ccccc3)ncn2C2CCS(=O)(=O)C2)o1. The van der Waals surface area contributed by atoms with Crippen molar-refractivity contribution in [3.05, 3.63) is 54.6 Å². The van der Waals surface area contributed by atoms with Crippen molar-refractivity contribution in [1.29, 1.82) is 0 Å². The number of aromatic nitrogens is 2. The van der Waals surface area contributed by atoms with Crippen LogP contribution in [0.5, 0.6) is 0 Å². The number of hydrogen-bond acceptors (Lipinski definition) is 4. The average molecular weight is 356 g/mol. The first-order chi connectivity index (χ1) is 12.1. The van der Waals surface area contributed by atoms with Gasteiger partial charge in [-0.1, -0.05) is 37.3 Å². The first kappa shape index (κ1) is 16.1. The van der Waals surface area contributed by atoms with Gasteiger partial charge < -0.3 is 8.98 Å². The first-order valence-corrected chi connectivity index (χ1v) is 10.3. The van der Waals surface area contributed by atoms with Crippen LogP contribution in [0.25, 0.3) is 22.7 Å². The molecular weight excluding hydrogens is 336 g/mol. The summed E-state index contributed by atoms with van der Waals surface area (Å²) in [5.74, 6) is 2.03. The molecule has 1 saturated heterocycles. The molecule has 0 saturated carbocycles. The van der Waals surface area contributed by atoms with Gasteiger partial charge in [-0.25, -0.2) is 13.4 Å². The predicted molar refractivity (Wildman–Crippen MR) is 97.1 cm³/mol. The van der Waals surface area contributed by atoms with Gasteiger partial charge in [0.15, 0.2) is 15.6 Å². The third-order valence-electron chi connectivity index (χ3n) is 4.69. The molecule has 1 fully saturated rings. The third-order valence-corrected chi connectivity index (χ3v) is 6.44. The van der Waals surface area contributed by atoms with Crippen LogP contribution >= 0.6 is 0 Å². The Labute approximate surface area is 147 Å².